The molecule has 2 aromatic heterocycles. The molecule has 2 aliphatic heterocycles. The maximum atomic E-state index is 13.1. The summed E-state index contributed by atoms with van der Waals surface area (Å²) in [6, 6.07) is 5.50. The SMILES string of the molecule is CC1(C)C(=O)Nc2cc(Nc3nc4c(N5CCC(O)(C(F)(F)F)CC5)nccn4n3)ccc21. The Morgan fingerprint density at radius 2 is 1.94 bits per heavy atom. The number of alkyl halides is 3. The Morgan fingerprint density at radius 1 is 1.21 bits per heavy atom. The van der Waals surface area contributed by atoms with Crippen LogP contribution in [0.5, 0.6) is 0 Å². The maximum absolute atomic E-state index is 13.1. The number of anilines is 4. The molecular weight excluding hydrogens is 439 g/mol. The van der Waals surface area contributed by atoms with Crippen LogP contribution in [-0.4, -0.2) is 55.5 Å². The number of carbonyl (C=O) groups excluding carboxylic acids is 1. The fourth-order valence-electron chi connectivity index (χ4n) is 4.25. The second-order valence-corrected chi connectivity index (χ2v) is 8.94. The Hall–Kier alpha value is -3.41. The summed E-state index contributed by atoms with van der Waals surface area (Å²) in [7, 11) is 0. The van der Waals surface area contributed by atoms with Crippen molar-refractivity contribution in [2.24, 2.45) is 0 Å². The molecule has 9 nitrogen and oxygen atoms in total. The molecule has 0 bridgehead atoms. The zero-order valence-electron chi connectivity index (χ0n) is 17.9. The molecule has 3 N–H and O–H groups in total. The summed E-state index contributed by atoms with van der Waals surface area (Å²) in [6.07, 6.45) is -2.48. The van der Waals surface area contributed by atoms with Gasteiger partial charge in [0.05, 0.1) is 5.41 Å². The average molecular weight is 461 g/mol. The monoisotopic (exact) mass is 461 g/mol. The van der Waals surface area contributed by atoms with Crippen LogP contribution in [0.1, 0.15) is 32.3 Å². The van der Waals surface area contributed by atoms with E-state index in [1.165, 1.54) is 10.7 Å². The van der Waals surface area contributed by atoms with Gasteiger partial charge in [0.15, 0.2) is 17.1 Å². The first-order valence-corrected chi connectivity index (χ1v) is 10.5. The smallest absolute Gasteiger partial charge is 0.380 e. The predicted octanol–water partition coefficient (Wildman–Crippen LogP) is 2.99. The van der Waals surface area contributed by atoms with Crippen molar-refractivity contribution < 1.29 is 23.1 Å². The second-order valence-electron chi connectivity index (χ2n) is 8.94. The normalized spacial score (nSPS) is 19.5. The fraction of sp³-hybridized carbons (Fsp3) is 0.429. The highest BCUT2D eigenvalue weighted by Gasteiger charge is 2.54. The molecule has 4 heterocycles. The molecule has 12 heteroatoms. The van der Waals surface area contributed by atoms with E-state index >= 15 is 0 Å². The van der Waals surface area contributed by atoms with Gasteiger partial charge in [-0.05, 0) is 31.5 Å². The Balaban J connectivity index is 1.38. The summed E-state index contributed by atoms with van der Waals surface area (Å²) in [6.45, 7) is 3.68. The number of benzene rings is 1. The van der Waals surface area contributed by atoms with Gasteiger partial charge >= 0.3 is 6.18 Å². The number of aliphatic hydroxyl groups is 1. The molecule has 5 rings (SSSR count). The summed E-state index contributed by atoms with van der Waals surface area (Å²) in [5.41, 5.74) is -0.629. The molecule has 0 saturated carbocycles. The van der Waals surface area contributed by atoms with E-state index in [1.807, 2.05) is 26.0 Å². The van der Waals surface area contributed by atoms with Crippen molar-refractivity contribution >= 4 is 34.7 Å². The van der Waals surface area contributed by atoms with Gasteiger partial charge in [0.1, 0.15) is 0 Å². The van der Waals surface area contributed by atoms with Crippen LogP contribution in [0.4, 0.5) is 36.3 Å². The third-order valence-electron chi connectivity index (χ3n) is 6.42. The molecule has 2 aliphatic rings. The molecule has 3 aromatic rings. The van der Waals surface area contributed by atoms with E-state index < -0.39 is 30.0 Å². The third-order valence-corrected chi connectivity index (χ3v) is 6.42. The van der Waals surface area contributed by atoms with Gasteiger partial charge in [-0.25, -0.2) is 9.50 Å². The fourth-order valence-corrected chi connectivity index (χ4v) is 4.25. The maximum Gasteiger partial charge on any atom is 0.417 e. The lowest BCUT2D eigenvalue weighted by Crippen LogP contribution is -2.53. The van der Waals surface area contributed by atoms with E-state index in [-0.39, 0.29) is 24.9 Å². The molecule has 0 atom stereocenters. The Kier molecular flexibility index (Phi) is 4.57. The predicted molar refractivity (Wildman–Crippen MR) is 115 cm³/mol. The summed E-state index contributed by atoms with van der Waals surface area (Å²) >= 11 is 0. The van der Waals surface area contributed by atoms with Crippen LogP contribution in [0, 0.1) is 0 Å². The second kappa shape index (κ2) is 7.04. The number of halogens is 3. The van der Waals surface area contributed by atoms with E-state index in [0.717, 1.165) is 5.56 Å². The number of nitrogens with one attached hydrogen (secondary N) is 2. The molecule has 0 aliphatic carbocycles. The number of amides is 1. The quantitative estimate of drug-likeness (QED) is 0.550. The zero-order chi connectivity index (χ0) is 23.6. The molecule has 0 spiro atoms. The van der Waals surface area contributed by atoms with Crippen LogP contribution in [-0.2, 0) is 10.2 Å². The summed E-state index contributed by atoms with van der Waals surface area (Å²) in [5, 5.41) is 20.3. The van der Waals surface area contributed by atoms with Gasteiger partial charge in [0.25, 0.3) is 0 Å². The zero-order valence-corrected chi connectivity index (χ0v) is 17.9. The van der Waals surface area contributed by atoms with Gasteiger partial charge in [0, 0.05) is 49.7 Å². The topological polar surface area (TPSA) is 108 Å². The van der Waals surface area contributed by atoms with Crippen molar-refractivity contribution in [1.82, 2.24) is 19.6 Å². The lowest BCUT2D eigenvalue weighted by molar-refractivity contribution is -0.266. The van der Waals surface area contributed by atoms with E-state index in [9.17, 15) is 23.1 Å². The van der Waals surface area contributed by atoms with E-state index in [2.05, 4.69) is 25.7 Å². The number of rotatable bonds is 3. The lowest BCUT2D eigenvalue weighted by atomic mass is 9.86. The van der Waals surface area contributed by atoms with E-state index in [1.54, 1.807) is 17.2 Å². The standard InChI is InChI=1S/C21H22F3N7O2/c1-19(2)13-4-3-12(11-14(13)27-17(19)32)26-18-28-16-15(25-7-10-31(16)29-18)30-8-5-20(33,6-9-30)21(22,23)24/h3-4,7,10-11,33H,5-6,8-9H2,1-2H3,(H,26,29)(H,27,32). The minimum atomic E-state index is -4.67. The largest absolute Gasteiger partial charge is 0.417 e. The van der Waals surface area contributed by atoms with Crippen LogP contribution in [0.2, 0.25) is 0 Å². The summed E-state index contributed by atoms with van der Waals surface area (Å²) in [4.78, 5) is 22.6. The van der Waals surface area contributed by atoms with Crippen molar-refractivity contribution in [2.45, 2.75) is 43.9 Å². The van der Waals surface area contributed by atoms with Gasteiger partial charge in [-0.2, -0.15) is 18.2 Å². The molecule has 174 valence electrons. The highest BCUT2D eigenvalue weighted by atomic mass is 19.4. The van der Waals surface area contributed by atoms with Gasteiger partial charge in [-0.15, -0.1) is 5.10 Å². The Bertz CT molecular complexity index is 1250. The number of hydrogen-bond acceptors (Lipinski definition) is 7. The van der Waals surface area contributed by atoms with E-state index in [0.29, 0.717) is 22.8 Å². The van der Waals surface area contributed by atoms with Crippen molar-refractivity contribution in [3.8, 4) is 0 Å². The Morgan fingerprint density at radius 3 is 2.64 bits per heavy atom. The van der Waals surface area contributed by atoms with Gasteiger partial charge in [0.2, 0.25) is 11.9 Å². The van der Waals surface area contributed by atoms with Crippen LogP contribution < -0.4 is 15.5 Å². The van der Waals surface area contributed by atoms with Gasteiger partial charge in [-0.3, -0.25) is 4.79 Å². The molecule has 0 unspecified atom stereocenters. The van der Waals surface area contributed by atoms with Crippen LogP contribution in [0.3, 0.4) is 0 Å². The highest BCUT2D eigenvalue weighted by Crippen LogP contribution is 2.40. The minimum absolute atomic E-state index is 0.0153. The molecule has 1 amide bonds. The first kappa shape index (κ1) is 21.4. The van der Waals surface area contributed by atoms with E-state index in [4.69, 9.17) is 0 Å². The molecular formula is C21H22F3N7O2. The molecule has 0 radical (unpaired) electrons. The number of carbonyl (C=O) groups is 1. The number of piperidine rings is 1. The molecule has 1 saturated heterocycles. The first-order valence-electron chi connectivity index (χ1n) is 10.5. The van der Waals surface area contributed by atoms with Gasteiger partial charge in [-0.1, -0.05) is 6.07 Å². The van der Waals surface area contributed by atoms with Gasteiger partial charge < -0.3 is 20.6 Å². The van der Waals surface area contributed by atoms with Crippen LogP contribution in [0.25, 0.3) is 5.65 Å². The van der Waals surface area contributed by atoms with Crippen molar-refractivity contribution in [3.05, 3.63) is 36.2 Å². The van der Waals surface area contributed by atoms with Crippen molar-refractivity contribution in [1.29, 1.82) is 0 Å². The van der Waals surface area contributed by atoms with Crippen LogP contribution >= 0.6 is 0 Å². The minimum Gasteiger partial charge on any atom is -0.380 e. The lowest BCUT2D eigenvalue weighted by Gasteiger charge is -2.39. The number of hydrogen-bond donors (Lipinski definition) is 3. The average Bonchev–Trinajstić information content (AvgIpc) is 3.25. The Labute approximate surface area is 186 Å². The number of nitrogens with zero attached hydrogens (tertiary/aromatic N) is 5. The van der Waals surface area contributed by atoms with Crippen molar-refractivity contribution in [3.63, 3.8) is 0 Å². The highest BCUT2D eigenvalue weighted by molar-refractivity contribution is 6.06. The van der Waals surface area contributed by atoms with Crippen molar-refractivity contribution in [2.75, 3.05) is 28.6 Å². The molecule has 33 heavy (non-hydrogen) atoms. The number of fused-ring (bicyclic) bond motifs is 2. The summed E-state index contributed by atoms with van der Waals surface area (Å²) < 4.78 is 40.9. The number of aromatic nitrogens is 4. The summed E-state index contributed by atoms with van der Waals surface area (Å²) in [5.74, 6) is 0.594. The third kappa shape index (κ3) is 3.45. The molecule has 1 aromatic carbocycles. The molecule has 1 fully saturated rings. The van der Waals surface area contributed by atoms with Crippen LogP contribution in [0.15, 0.2) is 30.6 Å². The first-order chi connectivity index (χ1) is 15.5.